The lowest BCUT2D eigenvalue weighted by molar-refractivity contribution is -0.116. The van der Waals surface area contributed by atoms with E-state index in [2.05, 4.69) is 17.3 Å². The lowest BCUT2D eigenvalue weighted by Crippen LogP contribution is -2.28. The summed E-state index contributed by atoms with van der Waals surface area (Å²) in [5, 5.41) is 7.42. The first-order valence-electron chi connectivity index (χ1n) is 11.1. The van der Waals surface area contributed by atoms with Gasteiger partial charge in [0.2, 0.25) is 5.91 Å². The molecule has 33 heavy (non-hydrogen) atoms. The number of hydrogen-bond acceptors (Lipinski definition) is 4. The summed E-state index contributed by atoms with van der Waals surface area (Å²) in [5.74, 6) is 0.557. The molecule has 0 aliphatic rings. The Morgan fingerprint density at radius 1 is 1.09 bits per heavy atom. The van der Waals surface area contributed by atoms with Gasteiger partial charge < -0.3 is 14.6 Å². The molecule has 170 valence electrons. The molecule has 0 aliphatic carbocycles. The molecule has 0 aliphatic heterocycles. The molecule has 0 unspecified atom stereocenters. The Morgan fingerprint density at radius 2 is 1.88 bits per heavy atom. The van der Waals surface area contributed by atoms with E-state index in [1.807, 2.05) is 56.3 Å². The number of fused-ring (bicyclic) bond motifs is 1. The molecule has 0 fully saturated rings. The fourth-order valence-corrected chi connectivity index (χ4v) is 3.58. The topological polar surface area (TPSA) is 77.6 Å². The van der Waals surface area contributed by atoms with Gasteiger partial charge in [-0.2, -0.15) is 5.10 Å². The Bertz CT molecular complexity index is 1340. The molecule has 2 aromatic carbocycles. The normalized spacial score (nSPS) is 11.0. The van der Waals surface area contributed by atoms with Crippen molar-refractivity contribution in [3.05, 3.63) is 82.4 Å². The van der Waals surface area contributed by atoms with Gasteiger partial charge in [-0.15, -0.1) is 0 Å². The molecule has 0 radical (unpaired) electrons. The number of aryl methyl sites for hydroxylation is 1. The predicted molar refractivity (Wildman–Crippen MR) is 130 cm³/mol. The van der Waals surface area contributed by atoms with E-state index >= 15 is 0 Å². The second kappa shape index (κ2) is 9.73. The molecule has 4 aromatic rings. The number of unbranched alkanes of at least 4 members (excludes halogenated alkanes) is 1. The van der Waals surface area contributed by atoms with Crippen molar-refractivity contribution in [2.24, 2.45) is 0 Å². The van der Waals surface area contributed by atoms with Crippen LogP contribution in [0.3, 0.4) is 0 Å². The third-order valence-electron chi connectivity index (χ3n) is 5.71. The number of nitrogens with one attached hydrogen (secondary N) is 1. The molecule has 4 rings (SSSR count). The van der Waals surface area contributed by atoms with Crippen molar-refractivity contribution in [3.63, 3.8) is 0 Å². The maximum Gasteiger partial charge on any atom is 0.277 e. The summed E-state index contributed by atoms with van der Waals surface area (Å²) in [7, 11) is 0. The SMILES string of the molecule is CCCCOc1ccc(-c2cc3c(=O)n(CC(=O)Nc4cccc(C)c4C)ccn3n2)cc1. The first-order valence-corrected chi connectivity index (χ1v) is 11.1. The molecule has 7 heteroatoms. The number of amides is 1. The highest BCUT2D eigenvalue weighted by Crippen LogP contribution is 2.22. The van der Waals surface area contributed by atoms with Crippen LogP contribution in [0.2, 0.25) is 0 Å². The predicted octanol–water partition coefficient (Wildman–Crippen LogP) is 4.60. The highest BCUT2D eigenvalue weighted by Gasteiger charge is 2.12. The third kappa shape index (κ3) is 4.98. The van der Waals surface area contributed by atoms with Crippen LogP contribution in [-0.4, -0.2) is 26.7 Å². The zero-order valence-electron chi connectivity index (χ0n) is 19.2. The van der Waals surface area contributed by atoms with E-state index in [1.54, 1.807) is 23.0 Å². The summed E-state index contributed by atoms with van der Waals surface area (Å²) in [6.07, 6.45) is 5.38. The van der Waals surface area contributed by atoms with Crippen molar-refractivity contribution >= 4 is 17.1 Å². The van der Waals surface area contributed by atoms with Crippen LogP contribution in [0.1, 0.15) is 30.9 Å². The molecule has 2 heterocycles. The molecule has 1 amide bonds. The van der Waals surface area contributed by atoms with Crippen LogP contribution in [0.4, 0.5) is 5.69 Å². The Hall–Kier alpha value is -3.87. The smallest absolute Gasteiger partial charge is 0.277 e. The second-order valence-electron chi connectivity index (χ2n) is 8.11. The fraction of sp³-hybridized carbons (Fsp3) is 0.269. The molecule has 0 saturated carbocycles. The van der Waals surface area contributed by atoms with Crippen LogP contribution in [-0.2, 0) is 11.3 Å². The van der Waals surface area contributed by atoms with Gasteiger partial charge in [0, 0.05) is 23.6 Å². The number of nitrogens with zero attached hydrogens (tertiary/aromatic N) is 3. The van der Waals surface area contributed by atoms with Gasteiger partial charge in [0.25, 0.3) is 5.56 Å². The summed E-state index contributed by atoms with van der Waals surface area (Å²) in [6.45, 7) is 6.70. The van der Waals surface area contributed by atoms with Crippen molar-refractivity contribution < 1.29 is 9.53 Å². The minimum atomic E-state index is -0.271. The molecule has 1 N–H and O–H groups in total. The molecule has 0 bridgehead atoms. The van der Waals surface area contributed by atoms with Gasteiger partial charge in [0.05, 0.1) is 12.3 Å². The summed E-state index contributed by atoms with van der Waals surface area (Å²) in [6, 6.07) is 15.2. The Kier molecular flexibility index (Phi) is 6.58. The van der Waals surface area contributed by atoms with Crippen LogP contribution >= 0.6 is 0 Å². The Morgan fingerprint density at radius 3 is 2.64 bits per heavy atom. The van der Waals surface area contributed by atoms with Crippen LogP contribution in [0, 0.1) is 13.8 Å². The van der Waals surface area contributed by atoms with Crippen molar-refractivity contribution in [2.45, 2.75) is 40.2 Å². The van der Waals surface area contributed by atoms with Crippen LogP contribution < -0.4 is 15.6 Å². The average molecular weight is 445 g/mol. The van der Waals surface area contributed by atoms with Gasteiger partial charge in [-0.25, -0.2) is 4.52 Å². The van der Waals surface area contributed by atoms with Crippen molar-refractivity contribution in [1.82, 2.24) is 14.2 Å². The van der Waals surface area contributed by atoms with Gasteiger partial charge >= 0.3 is 0 Å². The summed E-state index contributed by atoms with van der Waals surface area (Å²) in [4.78, 5) is 25.6. The highest BCUT2D eigenvalue weighted by atomic mass is 16.5. The van der Waals surface area contributed by atoms with Gasteiger partial charge in [-0.3, -0.25) is 9.59 Å². The Balaban J connectivity index is 1.52. The molecular formula is C26H28N4O3. The molecule has 0 atom stereocenters. The molecule has 0 saturated heterocycles. The van der Waals surface area contributed by atoms with Crippen LogP contribution in [0.5, 0.6) is 5.75 Å². The van der Waals surface area contributed by atoms with E-state index in [0.717, 1.165) is 41.0 Å². The average Bonchev–Trinajstić information content (AvgIpc) is 3.25. The monoisotopic (exact) mass is 444 g/mol. The summed E-state index contributed by atoms with van der Waals surface area (Å²) in [5.41, 5.74) is 4.57. The van der Waals surface area contributed by atoms with E-state index in [9.17, 15) is 9.59 Å². The molecule has 7 nitrogen and oxygen atoms in total. The largest absolute Gasteiger partial charge is 0.494 e. The number of ether oxygens (including phenoxy) is 1. The van der Waals surface area contributed by atoms with Crippen molar-refractivity contribution in [2.75, 3.05) is 11.9 Å². The zero-order chi connectivity index (χ0) is 23.4. The molecular weight excluding hydrogens is 416 g/mol. The van der Waals surface area contributed by atoms with Crippen molar-refractivity contribution in [1.29, 1.82) is 0 Å². The molecule has 2 aromatic heterocycles. The maximum atomic E-state index is 13.0. The van der Waals surface area contributed by atoms with E-state index in [0.29, 0.717) is 17.8 Å². The number of hydrogen-bond donors (Lipinski definition) is 1. The minimum Gasteiger partial charge on any atom is -0.494 e. The van der Waals surface area contributed by atoms with Crippen molar-refractivity contribution in [3.8, 4) is 17.0 Å². The zero-order valence-corrected chi connectivity index (χ0v) is 19.2. The lowest BCUT2D eigenvalue weighted by Gasteiger charge is -2.11. The Labute approximate surface area is 192 Å². The van der Waals surface area contributed by atoms with Gasteiger partial charge in [0.15, 0.2) is 0 Å². The number of aromatic nitrogens is 3. The summed E-state index contributed by atoms with van der Waals surface area (Å²) >= 11 is 0. The van der Waals surface area contributed by atoms with Gasteiger partial charge in [-0.05, 0) is 67.8 Å². The first-order chi connectivity index (χ1) is 16.0. The molecule has 0 spiro atoms. The van der Waals surface area contributed by atoms with E-state index in [1.165, 1.54) is 4.57 Å². The van der Waals surface area contributed by atoms with Crippen LogP contribution in [0.25, 0.3) is 16.8 Å². The number of carbonyl (C=O) groups excluding carboxylic acids is 1. The number of rotatable bonds is 8. The van der Waals surface area contributed by atoms with E-state index < -0.39 is 0 Å². The van der Waals surface area contributed by atoms with Gasteiger partial charge in [0.1, 0.15) is 17.8 Å². The maximum absolute atomic E-state index is 13.0. The number of benzene rings is 2. The fourth-order valence-electron chi connectivity index (χ4n) is 3.58. The summed E-state index contributed by atoms with van der Waals surface area (Å²) < 4.78 is 8.65. The van der Waals surface area contributed by atoms with E-state index in [-0.39, 0.29) is 18.0 Å². The second-order valence-corrected chi connectivity index (χ2v) is 8.11. The van der Waals surface area contributed by atoms with Crippen LogP contribution in [0.15, 0.2) is 65.7 Å². The number of carbonyl (C=O) groups is 1. The third-order valence-corrected chi connectivity index (χ3v) is 5.71. The quantitative estimate of drug-likeness (QED) is 0.403. The van der Waals surface area contributed by atoms with Gasteiger partial charge in [-0.1, -0.05) is 25.5 Å². The highest BCUT2D eigenvalue weighted by molar-refractivity contribution is 5.91. The standard InChI is InChI=1S/C26H28N4O3/c1-4-5-15-33-21-11-9-20(10-12-21)23-16-24-26(32)29(13-14-30(24)28-23)17-25(31)27-22-8-6-7-18(2)19(22)3/h6-14,16H,4-5,15,17H2,1-3H3,(H,27,31). The van der Waals surface area contributed by atoms with E-state index in [4.69, 9.17) is 4.74 Å². The minimum absolute atomic E-state index is 0.0764. The lowest BCUT2D eigenvalue weighted by atomic mass is 10.1. The first kappa shape index (κ1) is 22.3. The number of anilines is 1.